The van der Waals surface area contributed by atoms with Crippen LogP contribution < -0.4 is 11.2 Å². The molecule has 0 atom stereocenters. The summed E-state index contributed by atoms with van der Waals surface area (Å²) in [6, 6.07) is 7.86. The third-order valence-electron chi connectivity index (χ3n) is 3.89. The van der Waals surface area contributed by atoms with Crippen LogP contribution in [0.15, 0.2) is 38.8 Å². The van der Waals surface area contributed by atoms with E-state index >= 15 is 0 Å². The molecule has 0 saturated carbocycles. The average molecular weight is 344 g/mol. The number of fused-ring (bicyclic) bond motifs is 1. The first-order valence-electron chi connectivity index (χ1n) is 7.77. The van der Waals surface area contributed by atoms with Crippen molar-refractivity contribution in [3.63, 3.8) is 0 Å². The highest BCUT2D eigenvalue weighted by molar-refractivity contribution is 7.98. The fourth-order valence-corrected chi connectivity index (χ4v) is 3.33. The molecule has 2 aromatic heterocycles. The summed E-state index contributed by atoms with van der Waals surface area (Å²) in [7, 11) is 1.50. The van der Waals surface area contributed by atoms with Crippen molar-refractivity contribution in [2.24, 2.45) is 13.0 Å². The Morgan fingerprint density at radius 2 is 1.96 bits per heavy atom. The normalized spacial score (nSPS) is 11.5. The Morgan fingerprint density at radius 1 is 1.25 bits per heavy atom. The number of nitrogens with zero attached hydrogens (tertiary/aromatic N) is 3. The van der Waals surface area contributed by atoms with E-state index in [9.17, 15) is 9.59 Å². The van der Waals surface area contributed by atoms with Crippen molar-refractivity contribution < 1.29 is 0 Å². The van der Waals surface area contributed by atoms with Gasteiger partial charge in [0.15, 0.2) is 5.65 Å². The lowest BCUT2D eigenvalue weighted by Gasteiger charge is -2.10. The van der Waals surface area contributed by atoms with Crippen LogP contribution in [0.25, 0.3) is 22.6 Å². The first-order valence-corrected chi connectivity index (χ1v) is 8.99. The maximum absolute atomic E-state index is 12.5. The molecular weight excluding hydrogens is 324 g/mol. The molecule has 0 bridgehead atoms. The molecule has 0 saturated heterocycles. The highest BCUT2D eigenvalue weighted by Crippen LogP contribution is 2.28. The molecule has 3 rings (SSSR count). The second-order valence-corrected chi connectivity index (χ2v) is 6.98. The number of benzene rings is 1. The van der Waals surface area contributed by atoms with E-state index in [1.807, 2.05) is 44.4 Å². The van der Waals surface area contributed by atoms with Gasteiger partial charge in [0.2, 0.25) is 0 Å². The van der Waals surface area contributed by atoms with Gasteiger partial charge in [-0.05, 0) is 18.2 Å². The number of imidazole rings is 1. The van der Waals surface area contributed by atoms with Crippen LogP contribution in [0, 0.1) is 5.92 Å². The number of hydrogen-bond donors (Lipinski definition) is 1. The molecule has 0 fully saturated rings. The highest BCUT2D eigenvalue weighted by atomic mass is 32.2. The second kappa shape index (κ2) is 6.32. The van der Waals surface area contributed by atoms with Gasteiger partial charge in [0.25, 0.3) is 5.56 Å². The molecule has 0 aliphatic rings. The minimum Gasteiger partial charge on any atom is -0.332 e. The van der Waals surface area contributed by atoms with Crippen LogP contribution in [0.4, 0.5) is 0 Å². The Kier molecular flexibility index (Phi) is 4.36. The van der Waals surface area contributed by atoms with E-state index in [2.05, 4.69) is 9.97 Å². The highest BCUT2D eigenvalue weighted by Gasteiger charge is 2.18. The number of hydrogen-bond acceptors (Lipinski definition) is 4. The third-order valence-corrected chi connectivity index (χ3v) is 4.68. The lowest BCUT2D eigenvalue weighted by Crippen LogP contribution is -2.38. The molecule has 0 aliphatic heterocycles. The fraction of sp³-hybridized carbons (Fsp3) is 0.353. The van der Waals surface area contributed by atoms with Crippen molar-refractivity contribution in [3.05, 3.63) is 45.1 Å². The van der Waals surface area contributed by atoms with E-state index in [0.717, 1.165) is 15.0 Å². The Morgan fingerprint density at radius 3 is 2.62 bits per heavy atom. The maximum Gasteiger partial charge on any atom is 0.332 e. The van der Waals surface area contributed by atoms with E-state index in [4.69, 9.17) is 0 Å². The summed E-state index contributed by atoms with van der Waals surface area (Å²) < 4.78 is 2.70. The van der Waals surface area contributed by atoms with Crippen LogP contribution in [0.1, 0.15) is 13.8 Å². The number of rotatable bonds is 4. The van der Waals surface area contributed by atoms with Crippen molar-refractivity contribution >= 4 is 22.9 Å². The van der Waals surface area contributed by atoms with Gasteiger partial charge in [-0.3, -0.25) is 13.9 Å². The summed E-state index contributed by atoms with van der Waals surface area (Å²) in [6.07, 6.45) is 2.00. The Bertz CT molecular complexity index is 1010. The molecule has 24 heavy (non-hydrogen) atoms. The summed E-state index contributed by atoms with van der Waals surface area (Å²) in [4.78, 5) is 33.7. The summed E-state index contributed by atoms with van der Waals surface area (Å²) in [5.74, 6) is 0.872. The van der Waals surface area contributed by atoms with Gasteiger partial charge in [0.1, 0.15) is 11.3 Å². The summed E-state index contributed by atoms with van der Waals surface area (Å²) in [6.45, 7) is 4.57. The molecule has 0 aliphatic carbocycles. The smallest absolute Gasteiger partial charge is 0.332 e. The second-order valence-electron chi connectivity index (χ2n) is 6.14. The van der Waals surface area contributed by atoms with E-state index < -0.39 is 0 Å². The molecular formula is C17H20N4O2S. The molecule has 7 heteroatoms. The lowest BCUT2D eigenvalue weighted by molar-refractivity contribution is 0.500. The van der Waals surface area contributed by atoms with Gasteiger partial charge < -0.3 is 4.98 Å². The third kappa shape index (κ3) is 2.69. The Hall–Kier alpha value is -2.28. The van der Waals surface area contributed by atoms with Crippen molar-refractivity contribution in [2.75, 3.05) is 6.26 Å². The SMILES string of the molecule is CSc1ccccc1-c1nc2c([nH]1)c(=O)n(C)c(=O)n2CC(C)C. The fourth-order valence-electron chi connectivity index (χ4n) is 2.73. The monoisotopic (exact) mass is 344 g/mol. The Labute approximate surface area is 143 Å². The van der Waals surface area contributed by atoms with Crippen molar-refractivity contribution in [2.45, 2.75) is 25.3 Å². The molecule has 0 unspecified atom stereocenters. The number of aromatic nitrogens is 4. The van der Waals surface area contributed by atoms with E-state index in [-0.39, 0.29) is 17.2 Å². The van der Waals surface area contributed by atoms with Gasteiger partial charge in [-0.1, -0.05) is 32.0 Å². The molecule has 3 aromatic rings. The zero-order chi connectivity index (χ0) is 17.4. The molecule has 0 spiro atoms. The number of nitrogens with one attached hydrogen (secondary N) is 1. The maximum atomic E-state index is 12.5. The molecule has 126 valence electrons. The first-order chi connectivity index (χ1) is 11.4. The number of aromatic amines is 1. The predicted octanol–water partition coefficient (Wildman–Crippen LogP) is 2.47. The summed E-state index contributed by atoms with van der Waals surface area (Å²) >= 11 is 1.61. The van der Waals surface area contributed by atoms with Crippen molar-refractivity contribution in [1.29, 1.82) is 0 Å². The quantitative estimate of drug-likeness (QED) is 0.738. The zero-order valence-corrected chi connectivity index (χ0v) is 15.0. The zero-order valence-electron chi connectivity index (χ0n) is 14.2. The van der Waals surface area contributed by atoms with Gasteiger partial charge in [-0.25, -0.2) is 9.78 Å². The summed E-state index contributed by atoms with van der Waals surface area (Å²) in [5, 5.41) is 0. The van der Waals surface area contributed by atoms with Crippen LogP contribution in [0.3, 0.4) is 0 Å². The molecule has 0 radical (unpaired) electrons. The summed E-state index contributed by atoms with van der Waals surface area (Å²) in [5.41, 5.74) is 1.02. The average Bonchev–Trinajstić information content (AvgIpc) is 3.01. The minimum absolute atomic E-state index is 0.266. The van der Waals surface area contributed by atoms with Crippen molar-refractivity contribution in [1.82, 2.24) is 19.1 Å². The van der Waals surface area contributed by atoms with Crippen molar-refractivity contribution in [3.8, 4) is 11.4 Å². The standard InChI is InChI=1S/C17H20N4O2S/c1-10(2)9-21-15-13(16(22)20(3)17(21)23)18-14(19-15)11-7-5-6-8-12(11)24-4/h5-8,10H,9H2,1-4H3,(H,18,19). The van der Waals surface area contributed by atoms with Gasteiger partial charge in [0.05, 0.1) is 0 Å². The molecule has 1 aromatic carbocycles. The largest absolute Gasteiger partial charge is 0.332 e. The molecule has 0 amide bonds. The van der Waals surface area contributed by atoms with Crippen LogP contribution in [0.2, 0.25) is 0 Å². The molecule has 6 nitrogen and oxygen atoms in total. The lowest BCUT2D eigenvalue weighted by atomic mass is 10.2. The minimum atomic E-state index is -0.351. The van der Waals surface area contributed by atoms with E-state index in [0.29, 0.717) is 23.5 Å². The molecule has 1 N–H and O–H groups in total. The number of H-pyrrole nitrogens is 1. The van der Waals surface area contributed by atoms with Crippen LogP contribution in [-0.2, 0) is 13.6 Å². The van der Waals surface area contributed by atoms with E-state index in [1.165, 1.54) is 7.05 Å². The predicted molar refractivity (Wildman–Crippen MR) is 97.6 cm³/mol. The van der Waals surface area contributed by atoms with Gasteiger partial charge in [0, 0.05) is 24.1 Å². The Balaban J connectivity index is 2.34. The van der Waals surface area contributed by atoms with E-state index in [1.54, 1.807) is 16.3 Å². The number of thioether (sulfide) groups is 1. The van der Waals surface area contributed by atoms with Crippen LogP contribution in [0.5, 0.6) is 0 Å². The van der Waals surface area contributed by atoms with Crippen LogP contribution >= 0.6 is 11.8 Å². The van der Waals surface area contributed by atoms with Crippen LogP contribution in [-0.4, -0.2) is 25.4 Å². The van der Waals surface area contributed by atoms with Gasteiger partial charge in [-0.15, -0.1) is 11.8 Å². The first kappa shape index (κ1) is 16.6. The topological polar surface area (TPSA) is 72.7 Å². The van der Waals surface area contributed by atoms with Gasteiger partial charge >= 0.3 is 5.69 Å². The molecule has 2 heterocycles. The van der Waals surface area contributed by atoms with Gasteiger partial charge in [-0.2, -0.15) is 0 Å².